The van der Waals surface area contributed by atoms with Crippen LogP contribution in [0.15, 0.2) is 76.3 Å². The lowest BCUT2D eigenvalue weighted by Crippen LogP contribution is -2.44. The average Bonchev–Trinajstić information content (AvgIpc) is 2.87. The molecule has 0 saturated carbocycles. The Balaban J connectivity index is 1.69. The number of hydrogen-bond acceptors (Lipinski definition) is 4. The average molecular weight is 475 g/mol. The van der Waals surface area contributed by atoms with Gasteiger partial charge in [0.1, 0.15) is 0 Å². The molecule has 1 aromatic heterocycles. The summed E-state index contributed by atoms with van der Waals surface area (Å²) in [6.07, 6.45) is 1.52. The van der Waals surface area contributed by atoms with E-state index in [4.69, 9.17) is 11.6 Å². The molecule has 0 amide bonds. The van der Waals surface area contributed by atoms with Gasteiger partial charge in [0.15, 0.2) is 0 Å². The predicted octanol–water partition coefficient (Wildman–Crippen LogP) is 3.59. The SMILES string of the molecule is O=c1[nH]c(=O)n(Cc2ccccc2)c2cc(Cl)c(CCc3ccccc3)c(N3CCNCC3)c12. The maximum atomic E-state index is 13.3. The van der Waals surface area contributed by atoms with Crippen molar-refractivity contribution in [2.75, 3.05) is 31.1 Å². The third-order valence-corrected chi connectivity index (χ3v) is 6.77. The van der Waals surface area contributed by atoms with Gasteiger partial charge in [-0.2, -0.15) is 0 Å². The maximum Gasteiger partial charge on any atom is 0.329 e. The van der Waals surface area contributed by atoms with Crippen molar-refractivity contribution in [3.05, 3.63) is 109 Å². The topological polar surface area (TPSA) is 70.1 Å². The number of H-pyrrole nitrogens is 1. The van der Waals surface area contributed by atoms with E-state index in [1.54, 1.807) is 10.6 Å². The number of nitrogens with one attached hydrogen (secondary N) is 2. The second-order valence-corrected chi connectivity index (χ2v) is 9.04. The fraction of sp³-hybridized carbons (Fsp3) is 0.259. The molecule has 0 radical (unpaired) electrons. The molecule has 0 spiro atoms. The summed E-state index contributed by atoms with van der Waals surface area (Å²) < 4.78 is 1.62. The number of halogens is 1. The molecule has 6 nitrogen and oxygen atoms in total. The molecular weight excluding hydrogens is 448 g/mol. The van der Waals surface area contributed by atoms with Gasteiger partial charge in [-0.05, 0) is 35.6 Å². The van der Waals surface area contributed by atoms with Crippen molar-refractivity contribution in [3.8, 4) is 0 Å². The minimum atomic E-state index is -0.430. The molecule has 174 valence electrons. The lowest BCUT2D eigenvalue weighted by molar-refractivity contribution is 0.588. The largest absolute Gasteiger partial charge is 0.368 e. The fourth-order valence-electron chi connectivity index (χ4n) is 4.75. The quantitative estimate of drug-likeness (QED) is 0.448. The van der Waals surface area contributed by atoms with Crippen molar-refractivity contribution in [2.24, 2.45) is 0 Å². The molecule has 1 saturated heterocycles. The molecule has 0 atom stereocenters. The summed E-state index contributed by atoms with van der Waals surface area (Å²) >= 11 is 6.90. The monoisotopic (exact) mass is 474 g/mol. The van der Waals surface area contributed by atoms with Gasteiger partial charge in [-0.15, -0.1) is 0 Å². The highest BCUT2D eigenvalue weighted by atomic mass is 35.5. The number of benzene rings is 3. The number of aryl methyl sites for hydroxylation is 1. The lowest BCUT2D eigenvalue weighted by atomic mass is 9.99. The van der Waals surface area contributed by atoms with Crippen LogP contribution in [0.25, 0.3) is 10.9 Å². The van der Waals surface area contributed by atoms with Crippen molar-refractivity contribution in [2.45, 2.75) is 19.4 Å². The van der Waals surface area contributed by atoms with Gasteiger partial charge in [0.25, 0.3) is 5.56 Å². The molecule has 2 heterocycles. The molecule has 1 aliphatic rings. The number of rotatable bonds is 6. The van der Waals surface area contributed by atoms with Crippen LogP contribution in [0.5, 0.6) is 0 Å². The summed E-state index contributed by atoms with van der Waals surface area (Å²) in [5.74, 6) is 0. The summed E-state index contributed by atoms with van der Waals surface area (Å²) in [6, 6.07) is 21.8. The van der Waals surface area contributed by atoms with E-state index in [0.717, 1.165) is 49.4 Å². The van der Waals surface area contributed by atoms with Crippen molar-refractivity contribution in [3.63, 3.8) is 0 Å². The number of hydrogen-bond donors (Lipinski definition) is 2. The first-order chi connectivity index (χ1) is 16.6. The smallest absolute Gasteiger partial charge is 0.329 e. The molecule has 5 rings (SSSR count). The van der Waals surface area contributed by atoms with Crippen LogP contribution in [0.3, 0.4) is 0 Å². The summed E-state index contributed by atoms with van der Waals surface area (Å²) in [4.78, 5) is 30.9. The standard InChI is InChI=1S/C27H27ClN4O2/c28-22-17-23-24(26(33)30-27(34)32(23)18-20-9-5-2-6-10-20)25(31-15-13-29-14-16-31)21(22)12-11-19-7-3-1-4-8-19/h1-10,17,29H,11-16,18H2,(H,30,33,34). The zero-order chi connectivity index (χ0) is 23.5. The van der Waals surface area contributed by atoms with Crippen LogP contribution in [0.2, 0.25) is 5.02 Å². The Hall–Kier alpha value is -3.35. The zero-order valence-corrected chi connectivity index (χ0v) is 19.6. The Bertz CT molecular complexity index is 1410. The van der Waals surface area contributed by atoms with E-state index in [-0.39, 0.29) is 5.56 Å². The van der Waals surface area contributed by atoms with E-state index in [9.17, 15) is 9.59 Å². The van der Waals surface area contributed by atoms with Crippen LogP contribution in [-0.2, 0) is 19.4 Å². The second kappa shape index (κ2) is 9.87. The number of piperazine rings is 1. The van der Waals surface area contributed by atoms with E-state index in [1.807, 2.05) is 48.5 Å². The summed E-state index contributed by atoms with van der Waals surface area (Å²) in [7, 11) is 0. The molecule has 0 aliphatic carbocycles. The van der Waals surface area contributed by atoms with E-state index < -0.39 is 5.69 Å². The molecule has 1 fully saturated rings. The lowest BCUT2D eigenvalue weighted by Gasteiger charge is -2.32. The number of anilines is 1. The molecule has 4 aromatic rings. The Morgan fingerprint density at radius 1 is 0.853 bits per heavy atom. The van der Waals surface area contributed by atoms with Gasteiger partial charge in [0, 0.05) is 31.2 Å². The van der Waals surface area contributed by atoms with Crippen molar-refractivity contribution >= 4 is 28.2 Å². The first-order valence-electron chi connectivity index (χ1n) is 11.6. The second-order valence-electron chi connectivity index (χ2n) is 8.63. The highest BCUT2D eigenvalue weighted by molar-refractivity contribution is 6.33. The van der Waals surface area contributed by atoms with E-state index >= 15 is 0 Å². The third kappa shape index (κ3) is 4.52. The van der Waals surface area contributed by atoms with Gasteiger partial charge >= 0.3 is 5.69 Å². The van der Waals surface area contributed by atoms with E-state index in [2.05, 4.69) is 27.3 Å². The first-order valence-corrected chi connectivity index (χ1v) is 12.0. The van der Waals surface area contributed by atoms with Gasteiger partial charge in [-0.3, -0.25) is 14.3 Å². The van der Waals surface area contributed by atoms with Crippen molar-refractivity contribution < 1.29 is 0 Å². The van der Waals surface area contributed by atoms with Crippen LogP contribution in [-0.4, -0.2) is 35.7 Å². The van der Waals surface area contributed by atoms with Gasteiger partial charge in [-0.25, -0.2) is 4.79 Å². The van der Waals surface area contributed by atoms with Gasteiger partial charge in [-0.1, -0.05) is 72.3 Å². The van der Waals surface area contributed by atoms with Crippen LogP contribution in [0, 0.1) is 0 Å². The summed E-state index contributed by atoms with van der Waals surface area (Å²) in [6.45, 7) is 3.55. The van der Waals surface area contributed by atoms with Gasteiger partial charge in [0.2, 0.25) is 0 Å². The molecule has 2 N–H and O–H groups in total. The van der Waals surface area contributed by atoms with Crippen LogP contribution in [0.1, 0.15) is 16.7 Å². The highest BCUT2D eigenvalue weighted by Crippen LogP contribution is 2.35. The number of fused-ring (bicyclic) bond motifs is 1. The highest BCUT2D eigenvalue weighted by Gasteiger charge is 2.24. The molecule has 1 aliphatic heterocycles. The van der Waals surface area contributed by atoms with E-state index in [1.165, 1.54) is 5.56 Å². The Kier molecular flexibility index (Phi) is 6.52. The predicted molar refractivity (Wildman–Crippen MR) is 138 cm³/mol. The third-order valence-electron chi connectivity index (χ3n) is 6.44. The normalized spacial score (nSPS) is 14.0. The van der Waals surface area contributed by atoms with Crippen LogP contribution in [0.4, 0.5) is 5.69 Å². The zero-order valence-electron chi connectivity index (χ0n) is 18.9. The van der Waals surface area contributed by atoms with Gasteiger partial charge < -0.3 is 10.2 Å². The minimum absolute atomic E-state index is 0.355. The van der Waals surface area contributed by atoms with Crippen molar-refractivity contribution in [1.82, 2.24) is 14.9 Å². The first kappa shape index (κ1) is 22.4. The number of nitrogens with zero attached hydrogens (tertiary/aromatic N) is 2. The molecule has 3 aromatic carbocycles. The Morgan fingerprint density at radius 2 is 1.50 bits per heavy atom. The Labute approximate surface area is 202 Å². The molecule has 34 heavy (non-hydrogen) atoms. The van der Waals surface area contributed by atoms with Crippen LogP contribution < -0.4 is 21.5 Å². The Morgan fingerprint density at radius 3 is 2.18 bits per heavy atom. The molecule has 0 bridgehead atoms. The minimum Gasteiger partial charge on any atom is -0.368 e. The van der Waals surface area contributed by atoms with E-state index in [0.29, 0.717) is 28.9 Å². The summed E-state index contributed by atoms with van der Waals surface area (Å²) in [5.41, 5.74) is 3.77. The number of aromatic amines is 1. The summed E-state index contributed by atoms with van der Waals surface area (Å²) in [5, 5.41) is 4.50. The maximum absolute atomic E-state index is 13.3. The number of aromatic nitrogens is 2. The fourth-order valence-corrected chi connectivity index (χ4v) is 5.04. The molecular formula is C27H27ClN4O2. The molecule has 0 unspecified atom stereocenters. The van der Waals surface area contributed by atoms with Gasteiger partial charge in [0.05, 0.1) is 23.1 Å². The van der Waals surface area contributed by atoms with Crippen LogP contribution >= 0.6 is 11.6 Å². The molecule has 7 heteroatoms. The van der Waals surface area contributed by atoms with Crippen molar-refractivity contribution in [1.29, 1.82) is 0 Å².